The van der Waals surface area contributed by atoms with Crippen molar-refractivity contribution in [1.82, 2.24) is 24.1 Å². The number of amides is 1. The molecule has 1 aromatic carbocycles. The van der Waals surface area contributed by atoms with Crippen molar-refractivity contribution >= 4 is 11.6 Å². The van der Waals surface area contributed by atoms with E-state index in [4.69, 9.17) is 10.5 Å². The van der Waals surface area contributed by atoms with Gasteiger partial charge in [-0.25, -0.2) is 9.67 Å². The predicted octanol–water partition coefficient (Wildman–Crippen LogP) is 3.84. The Morgan fingerprint density at radius 3 is 2.83 bits per heavy atom. The standard InChI is InChI=1S/C27H27N7O2/c1-32-25(13-23(31-32)18-5-6-18)36-24-11-17(14-28)4-7-21(24)22-12-19(15-33-10-8-30-26(22)33)27(35)34-9-2-3-20(29)16-34/h4,7-8,10-13,15,18,20H,2-3,5-6,9,16,29H2,1H3/t20-/m1/s1. The van der Waals surface area contributed by atoms with Gasteiger partial charge in [-0.2, -0.15) is 10.4 Å². The van der Waals surface area contributed by atoms with Crippen LogP contribution in [0.2, 0.25) is 0 Å². The number of hydrogen-bond acceptors (Lipinski definition) is 6. The van der Waals surface area contributed by atoms with Crippen molar-refractivity contribution in [1.29, 1.82) is 5.26 Å². The van der Waals surface area contributed by atoms with E-state index in [1.807, 2.05) is 46.9 Å². The molecule has 182 valence electrons. The fraction of sp³-hybridized carbons (Fsp3) is 0.333. The lowest BCUT2D eigenvalue weighted by Crippen LogP contribution is -2.45. The number of pyridine rings is 1. The van der Waals surface area contributed by atoms with E-state index in [1.165, 1.54) is 0 Å². The number of imidazole rings is 1. The van der Waals surface area contributed by atoms with E-state index >= 15 is 0 Å². The summed E-state index contributed by atoms with van der Waals surface area (Å²) in [6.45, 7) is 1.24. The first-order valence-electron chi connectivity index (χ1n) is 12.3. The molecule has 1 amide bonds. The predicted molar refractivity (Wildman–Crippen MR) is 134 cm³/mol. The van der Waals surface area contributed by atoms with Crippen LogP contribution in [0, 0.1) is 11.3 Å². The molecule has 1 aliphatic heterocycles. The third-order valence-corrected chi connectivity index (χ3v) is 6.95. The van der Waals surface area contributed by atoms with Gasteiger partial charge in [-0.15, -0.1) is 0 Å². The molecule has 1 atom stereocenters. The lowest BCUT2D eigenvalue weighted by molar-refractivity contribution is 0.0708. The van der Waals surface area contributed by atoms with Gasteiger partial charge < -0.3 is 19.8 Å². The van der Waals surface area contributed by atoms with Crippen molar-refractivity contribution in [2.45, 2.75) is 37.6 Å². The Morgan fingerprint density at radius 2 is 2.06 bits per heavy atom. The van der Waals surface area contributed by atoms with Crippen LogP contribution in [0.5, 0.6) is 11.6 Å². The highest BCUT2D eigenvalue weighted by molar-refractivity contribution is 5.97. The molecule has 4 heterocycles. The number of hydrogen-bond donors (Lipinski definition) is 1. The normalized spacial score (nSPS) is 17.8. The molecule has 3 aromatic heterocycles. The van der Waals surface area contributed by atoms with Crippen LogP contribution < -0.4 is 10.5 Å². The Bertz CT molecular complexity index is 1510. The van der Waals surface area contributed by atoms with Crippen molar-refractivity contribution in [3.63, 3.8) is 0 Å². The molecule has 2 aliphatic rings. The van der Waals surface area contributed by atoms with Crippen molar-refractivity contribution in [2.75, 3.05) is 13.1 Å². The van der Waals surface area contributed by atoms with Crippen LogP contribution >= 0.6 is 0 Å². The number of rotatable bonds is 5. The molecule has 0 spiro atoms. The summed E-state index contributed by atoms with van der Waals surface area (Å²) < 4.78 is 9.93. The molecular formula is C27H27N7O2. The summed E-state index contributed by atoms with van der Waals surface area (Å²) >= 11 is 0. The molecule has 6 rings (SSSR count). The minimum atomic E-state index is -0.0566. The molecule has 9 heteroatoms. The number of nitrogens with zero attached hydrogens (tertiary/aromatic N) is 6. The van der Waals surface area contributed by atoms with Crippen molar-refractivity contribution in [3.8, 4) is 28.8 Å². The molecule has 2 N–H and O–H groups in total. The number of fused-ring (bicyclic) bond motifs is 1. The quantitative estimate of drug-likeness (QED) is 0.463. The minimum absolute atomic E-state index is 0.00268. The SMILES string of the molecule is Cn1nc(C2CC2)cc1Oc1cc(C#N)ccc1-c1cc(C(=O)N2CCC[C@@H](N)C2)cn2ccnc12. The first kappa shape index (κ1) is 22.3. The maximum absolute atomic E-state index is 13.4. The Labute approximate surface area is 208 Å². The van der Waals surface area contributed by atoms with E-state index in [-0.39, 0.29) is 11.9 Å². The molecule has 0 bridgehead atoms. The van der Waals surface area contributed by atoms with Crippen LogP contribution in [-0.2, 0) is 7.05 Å². The van der Waals surface area contributed by atoms with Crippen LogP contribution in [0.3, 0.4) is 0 Å². The van der Waals surface area contributed by atoms with Gasteiger partial charge in [0.1, 0.15) is 11.4 Å². The zero-order chi connectivity index (χ0) is 24.8. The lowest BCUT2D eigenvalue weighted by Gasteiger charge is -2.31. The molecule has 2 fully saturated rings. The third-order valence-electron chi connectivity index (χ3n) is 6.95. The Balaban J connectivity index is 1.44. The molecule has 1 saturated heterocycles. The van der Waals surface area contributed by atoms with E-state index in [1.54, 1.807) is 23.0 Å². The molecule has 1 aliphatic carbocycles. The number of aryl methyl sites for hydroxylation is 1. The van der Waals surface area contributed by atoms with Gasteiger partial charge in [0.2, 0.25) is 5.88 Å². The molecule has 36 heavy (non-hydrogen) atoms. The second-order valence-corrected chi connectivity index (χ2v) is 9.68. The number of ether oxygens (including phenoxy) is 1. The fourth-order valence-corrected chi connectivity index (χ4v) is 4.88. The molecule has 1 saturated carbocycles. The van der Waals surface area contributed by atoms with E-state index in [9.17, 15) is 10.1 Å². The summed E-state index contributed by atoms with van der Waals surface area (Å²) in [5.41, 5.74) is 10.4. The Hall–Kier alpha value is -4.16. The van der Waals surface area contributed by atoms with E-state index in [0.29, 0.717) is 47.4 Å². The highest BCUT2D eigenvalue weighted by Gasteiger charge is 2.28. The third kappa shape index (κ3) is 4.10. The van der Waals surface area contributed by atoms with Crippen molar-refractivity contribution in [2.24, 2.45) is 12.8 Å². The lowest BCUT2D eigenvalue weighted by atomic mass is 10.0. The van der Waals surface area contributed by atoms with E-state index < -0.39 is 0 Å². The smallest absolute Gasteiger partial charge is 0.255 e. The number of benzene rings is 1. The summed E-state index contributed by atoms with van der Waals surface area (Å²) in [6, 6.07) is 11.3. The first-order chi connectivity index (χ1) is 17.5. The van der Waals surface area contributed by atoms with Crippen LogP contribution in [-0.4, -0.2) is 49.1 Å². The summed E-state index contributed by atoms with van der Waals surface area (Å²) in [5, 5.41) is 14.2. The van der Waals surface area contributed by atoms with Gasteiger partial charge in [-0.3, -0.25) is 4.79 Å². The zero-order valence-corrected chi connectivity index (χ0v) is 20.1. The first-order valence-corrected chi connectivity index (χ1v) is 12.3. The van der Waals surface area contributed by atoms with Gasteiger partial charge in [0.05, 0.1) is 22.9 Å². The maximum atomic E-state index is 13.4. The topological polar surface area (TPSA) is 114 Å². The minimum Gasteiger partial charge on any atom is -0.439 e. The average Bonchev–Trinajstić information content (AvgIpc) is 3.52. The highest BCUT2D eigenvalue weighted by Crippen LogP contribution is 2.42. The van der Waals surface area contributed by atoms with Crippen LogP contribution in [0.25, 0.3) is 16.8 Å². The summed E-state index contributed by atoms with van der Waals surface area (Å²) in [7, 11) is 1.85. The highest BCUT2D eigenvalue weighted by atomic mass is 16.5. The average molecular weight is 482 g/mol. The van der Waals surface area contributed by atoms with Gasteiger partial charge in [0.15, 0.2) is 0 Å². The maximum Gasteiger partial charge on any atom is 0.255 e. The zero-order valence-electron chi connectivity index (χ0n) is 20.1. The number of carbonyl (C=O) groups excluding carboxylic acids is 1. The molecule has 9 nitrogen and oxygen atoms in total. The van der Waals surface area contributed by atoms with E-state index in [0.717, 1.165) is 42.5 Å². The molecule has 0 unspecified atom stereocenters. The van der Waals surface area contributed by atoms with Crippen LogP contribution in [0.4, 0.5) is 0 Å². The van der Waals surface area contributed by atoms with Gasteiger partial charge >= 0.3 is 0 Å². The van der Waals surface area contributed by atoms with Crippen LogP contribution in [0.1, 0.15) is 53.2 Å². The number of carbonyl (C=O) groups is 1. The largest absolute Gasteiger partial charge is 0.439 e. The van der Waals surface area contributed by atoms with E-state index in [2.05, 4.69) is 16.2 Å². The summed E-state index contributed by atoms with van der Waals surface area (Å²) in [4.78, 5) is 19.8. The number of nitriles is 1. The van der Waals surface area contributed by atoms with Gasteiger partial charge in [0, 0.05) is 67.9 Å². The monoisotopic (exact) mass is 481 g/mol. The number of likely N-dealkylation sites (tertiary alicyclic amines) is 1. The second-order valence-electron chi connectivity index (χ2n) is 9.68. The molecule has 0 radical (unpaired) electrons. The summed E-state index contributed by atoms with van der Waals surface area (Å²) in [5.74, 6) is 1.54. The van der Waals surface area contributed by atoms with Crippen LogP contribution in [0.15, 0.2) is 48.9 Å². The summed E-state index contributed by atoms with van der Waals surface area (Å²) in [6.07, 6.45) is 9.45. The molecular weight excluding hydrogens is 454 g/mol. The van der Waals surface area contributed by atoms with Gasteiger partial charge in [-0.05, 0) is 49.9 Å². The van der Waals surface area contributed by atoms with Gasteiger partial charge in [-0.1, -0.05) is 0 Å². The van der Waals surface area contributed by atoms with Crippen molar-refractivity contribution < 1.29 is 9.53 Å². The fourth-order valence-electron chi connectivity index (χ4n) is 4.88. The second kappa shape index (κ2) is 8.81. The Kier molecular flexibility index (Phi) is 5.46. The molecule has 4 aromatic rings. The van der Waals surface area contributed by atoms with Gasteiger partial charge in [0.25, 0.3) is 5.91 Å². The number of aromatic nitrogens is 4. The number of nitrogens with two attached hydrogens (primary N) is 1. The van der Waals surface area contributed by atoms with Crippen molar-refractivity contribution in [3.05, 3.63) is 65.7 Å². The Morgan fingerprint density at radius 1 is 1.19 bits per heavy atom. The number of piperidine rings is 1.